The smallest absolute Gasteiger partial charge is 0.164 e. The van der Waals surface area contributed by atoms with Gasteiger partial charge in [0.1, 0.15) is 0 Å². The molecule has 0 unspecified atom stereocenters. The van der Waals surface area contributed by atoms with E-state index >= 15 is 0 Å². The van der Waals surface area contributed by atoms with Crippen molar-refractivity contribution in [3.63, 3.8) is 0 Å². The molecule has 3 rings (SSSR count). The summed E-state index contributed by atoms with van der Waals surface area (Å²) in [7, 11) is 0. The van der Waals surface area contributed by atoms with Gasteiger partial charge in [0.15, 0.2) is 11.4 Å². The lowest BCUT2D eigenvalue weighted by Gasteiger charge is -2.02. The summed E-state index contributed by atoms with van der Waals surface area (Å²) in [5.41, 5.74) is 2.53. The first-order valence-corrected chi connectivity index (χ1v) is 6.00. The molecule has 5 nitrogen and oxygen atoms in total. The van der Waals surface area contributed by atoms with Gasteiger partial charge in [-0.3, -0.25) is 9.78 Å². The second kappa shape index (κ2) is 4.44. The van der Waals surface area contributed by atoms with E-state index in [1.54, 1.807) is 35.2 Å². The van der Waals surface area contributed by atoms with Crippen LogP contribution in [0.1, 0.15) is 17.3 Å². The Kier molecular flexibility index (Phi) is 2.76. The fourth-order valence-electron chi connectivity index (χ4n) is 1.85. The van der Waals surface area contributed by atoms with Gasteiger partial charge < -0.3 is 0 Å². The molecule has 3 aromatic heterocycles. The van der Waals surface area contributed by atoms with Gasteiger partial charge in [-0.2, -0.15) is 5.10 Å². The van der Waals surface area contributed by atoms with Crippen molar-refractivity contribution in [1.82, 2.24) is 19.6 Å². The third kappa shape index (κ3) is 1.98. The molecule has 0 N–H and O–H groups in total. The Hall–Kier alpha value is -2.27. The lowest BCUT2D eigenvalue weighted by molar-refractivity contribution is 0.101. The maximum Gasteiger partial charge on any atom is 0.164 e. The van der Waals surface area contributed by atoms with Gasteiger partial charge in [-0.1, -0.05) is 11.6 Å². The van der Waals surface area contributed by atoms with Crippen molar-refractivity contribution in [2.24, 2.45) is 0 Å². The summed E-state index contributed by atoms with van der Waals surface area (Å²) in [5, 5.41) is 4.57. The largest absolute Gasteiger partial charge is 0.294 e. The van der Waals surface area contributed by atoms with Crippen LogP contribution in [0.3, 0.4) is 0 Å². The van der Waals surface area contributed by atoms with Crippen LogP contribution >= 0.6 is 11.6 Å². The zero-order chi connectivity index (χ0) is 13.4. The molecule has 0 saturated carbocycles. The van der Waals surface area contributed by atoms with Crippen LogP contribution in [-0.4, -0.2) is 25.4 Å². The summed E-state index contributed by atoms with van der Waals surface area (Å²) in [6, 6.07) is 3.45. The molecule has 0 aliphatic rings. The van der Waals surface area contributed by atoms with Gasteiger partial charge >= 0.3 is 0 Å². The molecular formula is C13H9ClN4O. The molecule has 0 saturated heterocycles. The van der Waals surface area contributed by atoms with Crippen molar-refractivity contribution >= 4 is 23.0 Å². The van der Waals surface area contributed by atoms with Crippen molar-refractivity contribution in [1.29, 1.82) is 0 Å². The van der Waals surface area contributed by atoms with E-state index in [9.17, 15) is 4.79 Å². The lowest BCUT2D eigenvalue weighted by atomic mass is 10.1. The minimum Gasteiger partial charge on any atom is -0.294 e. The first-order chi connectivity index (χ1) is 9.16. The highest BCUT2D eigenvalue weighted by Gasteiger charge is 2.12. The van der Waals surface area contributed by atoms with Crippen molar-refractivity contribution in [3.8, 4) is 11.3 Å². The summed E-state index contributed by atoms with van der Waals surface area (Å²) >= 11 is 6.08. The third-order valence-corrected chi connectivity index (χ3v) is 3.10. The molecule has 0 aliphatic heterocycles. The van der Waals surface area contributed by atoms with Crippen molar-refractivity contribution in [2.45, 2.75) is 6.92 Å². The van der Waals surface area contributed by atoms with Crippen molar-refractivity contribution in [2.75, 3.05) is 0 Å². The third-order valence-electron chi connectivity index (χ3n) is 2.79. The van der Waals surface area contributed by atoms with E-state index in [0.717, 1.165) is 5.56 Å². The second-order valence-corrected chi connectivity index (χ2v) is 4.46. The Balaban J connectivity index is 2.17. The van der Waals surface area contributed by atoms with Gasteiger partial charge in [0, 0.05) is 18.6 Å². The molecule has 0 bridgehead atoms. The Bertz CT molecular complexity index is 781. The normalized spacial score (nSPS) is 10.8. The van der Waals surface area contributed by atoms with Crippen LogP contribution in [0.25, 0.3) is 16.9 Å². The molecule has 0 spiro atoms. The Morgan fingerprint density at radius 1 is 1.32 bits per heavy atom. The fourth-order valence-corrected chi connectivity index (χ4v) is 2.13. The number of ketones is 1. The first-order valence-electron chi connectivity index (χ1n) is 5.62. The van der Waals surface area contributed by atoms with Crippen molar-refractivity contribution in [3.05, 3.63) is 47.5 Å². The number of hydrogen-bond acceptors (Lipinski definition) is 4. The number of carbonyl (C=O) groups excluding carboxylic acids is 1. The summed E-state index contributed by atoms with van der Waals surface area (Å²) < 4.78 is 1.66. The molecule has 3 aromatic rings. The minimum absolute atomic E-state index is 0.109. The average molecular weight is 273 g/mol. The highest BCUT2D eigenvalue weighted by molar-refractivity contribution is 6.34. The van der Waals surface area contributed by atoms with Gasteiger partial charge in [0.05, 0.1) is 28.0 Å². The molecule has 0 amide bonds. The van der Waals surface area contributed by atoms with Gasteiger partial charge in [0.2, 0.25) is 0 Å². The van der Waals surface area contributed by atoms with Gasteiger partial charge in [-0.25, -0.2) is 9.50 Å². The summed E-state index contributed by atoms with van der Waals surface area (Å²) in [6.45, 7) is 1.46. The minimum atomic E-state index is -0.109. The highest BCUT2D eigenvalue weighted by Crippen LogP contribution is 2.25. The van der Waals surface area contributed by atoms with E-state index in [0.29, 0.717) is 21.9 Å². The number of pyridine rings is 1. The Morgan fingerprint density at radius 3 is 2.89 bits per heavy atom. The zero-order valence-corrected chi connectivity index (χ0v) is 10.8. The van der Waals surface area contributed by atoms with E-state index in [2.05, 4.69) is 15.1 Å². The van der Waals surface area contributed by atoms with Gasteiger partial charge in [0.25, 0.3) is 0 Å². The van der Waals surface area contributed by atoms with Crippen molar-refractivity contribution < 1.29 is 4.79 Å². The summed E-state index contributed by atoms with van der Waals surface area (Å²) in [5.74, 6) is -0.109. The number of hydrogen-bond donors (Lipinski definition) is 0. The number of carbonyl (C=O) groups is 1. The SMILES string of the molecule is CC(=O)c1cnc(-c2cnn3cccnc23)cc1Cl. The second-order valence-electron chi connectivity index (χ2n) is 4.05. The molecule has 0 fully saturated rings. The van der Waals surface area contributed by atoms with Gasteiger partial charge in [-0.05, 0) is 19.1 Å². The van der Waals surface area contributed by atoms with E-state index < -0.39 is 0 Å². The maximum absolute atomic E-state index is 11.3. The standard InChI is InChI=1S/C13H9ClN4O/c1-8(19)9-6-16-12(5-11(9)14)10-7-17-18-4-2-3-15-13(10)18/h2-7H,1H3. The van der Waals surface area contributed by atoms with Crippen LogP contribution in [-0.2, 0) is 0 Å². The number of Topliss-reactive ketones (excluding diaryl/α,β-unsaturated/α-hetero) is 1. The number of rotatable bonds is 2. The average Bonchev–Trinajstić information content (AvgIpc) is 2.82. The van der Waals surface area contributed by atoms with Crippen LogP contribution in [0.5, 0.6) is 0 Å². The number of fused-ring (bicyclic) bond motifs is 1. The van der Waals surface area contributed by atoms with E-state index in [1.807, 2.05) is 0 Å². The number of halogens is 1. The maximum atomic E-state index is 11.3. The molecule has 94 valence electrons. The van der Waals surface area contributed by atoms with Crippen LogP contribution in [0.4, 0.5) is 0 Å². The quantitative estimate of drug-likeness (QED) is 0.673. The lowest BCUT2D eigenvalue weighted by Crippen LogP contribution is -1.96. The molecular weight excluding hydrogens is 264 g/mol. The molecule has 0 radical (unpaired) electrons. The number of nitrogens with zero attached hydrogens (tertiary/aromatic N) is 4. The molecule has 6 heteroatoms. The van der Waals surface area contributed by atoms with Gasteiger partial charge in [-0.15, -0.1) is 0 Å². The fraction of sp³-hybridized carbons (Fsp3) is 0.0769. The zero-order valence-electron chi connectivity index (χ0n) is 10.0. The number of aromatic nitrogens is 4. The highest BCUT2D eigenvalue weighted by atomic mass is 35.5. The Labute approximate surface area is 113 Å². The molecule has 3 heterocycles. The molecule has 19 heavy (non-hydrogen) atoms. The monoisotopic (exact) mass is 272 g/mol. The summed E-state index contributed by atoms with van der Waals surface area (Å²) in [6.07, 6.45) is 6.64. The first kappa shape index (κ1) is 11.8. The topological polar surface area (TPSA) is 60.2 Å². The van der Waals surface area contributed by atoms with Crippen LogP contribution in [0, 0.1) is 0 Å². The molecule has 0 atom stereocenters. The van der Waals surface area contributed by atoms with Crippen LogP contribution in [0.15, 0.2) is 36.9 Å². The van der Waals surface area contributed by atoms with E-state index in [-0.39, 0.29) is 5.78 Å². The summed E-state index contributed by atoms with van der Waals surface area (Å²) in [4.78, 5) is 19.8. The molecule has 0 aromatic carbocycles. The predicted molar refractivity (Wildman–Crippen MR) is 71.2 cm³/mol. The molecule has 0 aliphatic carbocycles. The predicted octanol–water partition coefficient (Wildman–Crippen LogP) is 2.65. The van der Waals surface area contributed by atoms with Crippen LogP contribution < -0.4 is 0 Å². The van der Waals surface area contributed by atoms with Crippen LogP contribution in [0.2, 0.25) is 5.02 Å². The van der Waals surface area contributed by atoms with E-state index in [1.165, 1.54) is 13.1 Å². The van der Waals surface area contributed by atoms with E-state index in [4.69, 9.17) is 11.6 Å². The Morgan fingerprint density at radius 2 is 2.16 bits per heavy atom.